The zero-order valence-electron chi connectivity index (χ0n) is 31.4. The number of benzene rings is 2. The number of halogens is 1. The van der Waals surface area contributed by atoms with E-state index < -0.39 is 11.4 Å². The summed E-state index contributed by atoms with van der Waals surface area (Å²) in [5.41, 5.74) is 2.71. The molecule has 1 aliphatic carbocycles. The number of nitriles is 1. The van der Waals surface area contributed by atoms with Crippen molar-refractivity contribution in [2.75, 3.05) is 26.0 Å². The van der Waals surface area contributed by atoms with Crippen LogP contribution in [0, 0.1) is 23.1 Å². The number of hydrogen-bond acceptors (Lipinski definition) is 8. The van der Waals surface area contributed by atoms with E-state index in [1.165, 1.54) is 6.07 Å². The van der Waals surface area contributed by atoms with E-state index in [1.54, 1.807) is 12.1 Å². The fourth-order valence-corrected chi connectivity index (χ4v) is 8.08. The summed E-state index contributed by atoms with van der Waals surface area (Å²) in [6.07, 6.45) is 13.2. The Balaban J connectivity index is 1.08. The van der Waals surface area contributed by atoms with Crippen LogP contribution in [0.25, 0.3) is 11.0 Å². The molecule has 0 radical (unpaired) electrons. The van der Waals surface area contributed by atoms with E-state index in [9.17, 15) is 9.18 Å². The second-order valence-corrected chi connectivity index (χ2v) is 17.2. The van der Waals surface area contributed by atoms with Crippen LogP contribution >= 0.6 is 11.8 Å². The lowest BCUT2D eigenvalue weighted by Gasteiger charge is -2.38. The summed E-state index contributed by atoms with van der Waals surface area (Å²) in [7, 11) is 0. The van der Waals surface area contributed by atoms with Crippen LogP contribution in [-0.4, -0.2) is 68.7 Å². The number of aromatic nitrogens is 2. The average molecular weight is 729 g/mol. The second-order valence-electron chi connectivity index (χ2n) is 16.0. The zero-order chi connectivity index (χ0) is 37.0. The first-order valence-corrected chi connectivity index (χ1v) is 19.8. The van der Waals surface area contributed by atoms with Gasteiger partial charge >= 0.3 is 0 Å². The van der Waals surface area contributed by atoms with Crippen LogP contribution in [0.1, 0.15) is 100 Å². The Labute approximate surface area is 312 Å². The van der Waals surface area contributed by atoms with Gasteiger partial charge < -0.3 is 24.7 Å². The molecule has 2 fully saturated rings. The average Bonchev–Trinajstić information content (AvgIpc) is 3.43. The van der Waals surface area contributed by atoms with Gasteiger partial charge in [0, 0.05) is 34.6 Å². The largest absolute Gasteiger partial charge is 0.474 e. The van der Waals surface area contributed by atoms with Crippen molar-refractivity contribution in [3.8, 4) is 6.07 Å². The molecule has 2 N–H and O–H groups in total. The molecule has 52 heavy (non-hydrogen) atoms. The van der Waals surface area contributed by atoms with Crippen LogP contribution in [0.15, 0.2) is 60.5 Å². The molecule has 278 valence electrons. The highest BCUT2D eigenvalue weighted by molar-refractivity contribution is 7.99. The van der Waals surface area contributed by atoms with Gasteiger partial charge in [-0.2, -0.15) is 17.0 Å². The molecular weight excluding hydrogens is 676 g/mol. The van der Waals surface area contributed by atoms with Crippen LogP contribution in [0.2, 0.25) is 0 Å². The van der Waals surface area contributed by atoms with E-state index in [0.29, 0.717) is 46.4 Å². The number of nitrogens with zero attached hydrogens (tertiary/aromatic N) is 4. The highest BCUT2D eigenvalue weighted by Crippen LogP contribution is 2.42. The molecule has 3 aliphatic rings. The first kappa shape index (κ1) is 37.9. The Hall–Kier alpha value is -3.85. The number of fused-ring (bicyclic) bond motifs is 1. The number of carbonyl (C=O) groups excluding carboxylic acids is 1. The van der Waals surface area contributed by atoms with Gasteiger partial charge in [0.25, 0.3) is 5.91 Å². The molecule has 11 heteroatoms. The molecule has 3 aromatic rings. The van der Waals surface area contributed by atoms with Gasteiger partial charge in [0.1, 0.15) is 18.2 Å². The first-order chi connectivity index (χ1) is 24.8. The molecule has 1 unspecified atom stereocenters. The maximum atomic E-state index is 14.4. The van der Waals surface area contributed by atoms with Crippen molar-refractivity contribution in [1.29, 1.82) is 5.26 Å². The van der Waals surface area contributed by atoms with Crippen LogP contribution in [0.3, 0.4) is 0 Å². The summed E-state index contributed by atoms with van der Waals surface area (Å²) in [4.78, 5) is 21.2. The lowest BCUT2D eigenvalue weighted by molar-refractivity contribution is -0.0111. The van der Waals surface area contributed by atoms with Crippen molar-refractivity contribution < 1.29 is 18.7 Å². The van der Waals surface area contributed by atoms with Gasteiger partial charge in [0.2, 0.25) is 0 Å². The molecule has 0 spiro atoms. The Morgan fingerprint density at radius 3 is 2.60 bits per heavy atom. The molecule has 2 aliphatic heterocycles. The van der Waals surface area contributed by atoms with Crippen LogP contribution in [0.4, 0.5) is 4.39 Å². The molecule has 1 atom stereocenters. The van der Waals surface area contributed by atoms with E-state index in [4.69, 9.17) is 19.7 Å². The number of imidazole rings is 1. The van der Waals surface area contributed by atoms with Crippen molar-refractivity contribution in [2.45, 2.75) is 108 Å². The number of piperidine rings is 1. The molecule has 1 amide bonds. The maximum Gasteiger partial charge on any atom is 0.251 e. The predicted octanol–water partition coefficient (Wildman–Crippen LogP) is 7.63. The van der Waals surface area contributed by atoms with E-state index in [2.05, 4.69) is 32.4 Å². The quantitative estimate of drug-likeness (QED) is 0.185. The number of ether oxygens (including phenoxy) is 2. The smallest absolute Gasteiger partial charge is 0.251 e. The number of nitrogens with one attached hydrogen (secondary N) is 2. The molecule has 0 bridgehead atoms. The van der Waals surface area contributed by atoms with Crippen molar-refractivity contribution >= 4 is 28.7 Å². The highest BCUT2D eigenvalue weighted by atomic mass is 32.2. The third kappa shape index (κ3) is 9.38. The van der Waals surface area contributed by atoms with Crippen LogP contribution in [-0.2, 0) is 22.6 Å². The minimum atomic E-state index is -0.437. The molecule has 6 rings (SSSR count). The number of rotatable bonds is 13. The number of amides is 1. The number of carbonyl (C=O) groups is 1. The van der Waals surface area contributed by atoms with Gasteiger partial charge in [0.15, 0.2) is 5.88 Å². The number of likely N-dealkylation sites (tertiary alicyclic amines) is 1. The summed E-state index contributed by atoms with van der Waals surface area (Å²) in [5, 5.41) is 16.4. The fraction of sp³-hybridized carbons (Fsp3) is 0.537. The van der Waals surface area contributed by atoms with Gasteiger partial charge in [-0.3, -0.25) is 9.69 Å². The summed E-state index contributed by atoms with van der Waals surface area (Å²) in [5.74, 6) is 1.62. The molecule has 3 heterocycles. The van der Waals surface area contributed by atoms with Crippen molar-refractivity contribution in [3.63, 3.8) is 0 Å². The van der Waals surface area contributed by atoms with Gasteiger partial charge in [-0.15, -0.1) is 0 Å². The maximum absolute atomic E-state index is 14.4. The molecule has 1 saturated heterocycles. The third-order valence-electron chi connectivity index (χ3n) is 10.5. The Kier molecular flexibility index (Phi) is 11.7. The fourth-order valence-electron chi connectivity index (χ4n) is 7.25. The Bertz CT molecular complexity index is 1840. The lowest BCUT2D eigenvalue weighted by atomic mass is 9.88. The molecular formula is C41H53FN6O3S. The van der Waals surface area contributed by atoms with Gasteiger partial charge in [-0.1, -0.05) is 18.2 Å². The topological polar surface area (TPSA) is 104 Å². The minimum Gasteiger partial charge on any atom is -0.474 e. The van der Waals surface area contributed by atoms with Crippen molar-refractivity contribution in [3.05, 3.63) is 88.8 Å². The Morgan fingerprint density at radius 1 is 1.13 bits per heavy atom. The zero-order valence-corrected chi connectivity index (χ0v) is 32.2. The highest BCUT2D eigenvalue weighted by Gasteiger charge is 2.34. The third-order valence-corrected chi connectivity index (χ3v) is 11.5. The van der Waals surface area contributed by atoms with Crippen molar-refractivity contribution in [1.82, 2.24) is 25.1 Å². The summed E-state index contributed by atoms with van der Waals surface area (Å²) < 4.78 is 28.7. The molecule has 2 aromatic carbocycles. The van der Waals surface area contributed by atoms with E-state index >= 15 is 0 Å². The van der Waals surface area contributed by atoms with E-state index in [-0.39, 0.29) is 24.2 Å². The Morgan fingerprint density at radius 2 is 1.90 bits per heavy atom. The van der Waals surface area contributed by atoms with E-state index in [1.807, 2.05) is 82.8 Å². The van der Waals surface area contributed by atoms with E-state index in [0.717, 1.165) is 68.6 Å². The molecule has 9 nitrogen and oxygen atoms in total. The summed E-state index contributed by atoms with van der Waals surface area (Å²) in [6, 6.07) is 12.9. The normalized spacial score (nSPS) is 21.3. The summed E-state index contributed by atoms with van der Waals surface area (Å²) >= 11 is 1.93. The van der Waals surface area contributed by atoms with Gasteiger partial charge in [-0.05, 0) is 128 Å². The number of hydrogen-bond donors (Lipinski definition) is 2. The number of allylic oxidation sites excluding steroid dienone is 2. The van der Waals surface area contributed by atoms with Crippen LogP contribution < -0.4 is 10.6 Å². The minimum absolute atomic E-state index is 0.0789. The number of thioether (sulfide) groups is 1. The SMILES string of the molecule is CSC1CC(n2c(CN3CCC(C4C=CC=C(OCc5ccc(C#N)cc5F)N4)CC3)nc3ccc(C(=O)NC(C)(C)CCOC(C)(C)C)cc32)C1. The first-order valence-electron chi connectivity index (χ1n) is 18.5. The van der Waals surface area contributed by atoms with Crippen LogP contribution in [0.5, 0.6) is 0 Å². The predicted molar refractivity (Wildman–Crippen MR) is 205 cm³/mol. The molecule has 1 aromatic heterocycles. The van der Waals surface area contributed by atoms with Crippen molar-refractivity contribution in [2.24, 2.45) is 5.92 Å². The number of dihydropyridines is 1. The lowest BCUT2D eigenvalue weighted by Crippen LogP contribution is -2.44. The monoisotopic (exact) mass is 728 g/mol. The standard InChI is InChI=1S/C41H53FN6O3S/c1-40(2,3)51-19-16-41(4,5)46-39(49)29-12-13-35-36(21-29)48(31-22-32(23-31)52-6)37(44-35)25-47-17-14-28(15-18-47)34-8-7-9-38(45-34)50-26-30-11-10-27(24-43)20-33(30)42/h7-13,20-21,28,31-32,34,45H,14-19,22-23,25-26H2,1-6H3,(H,46,49). The van der Waals surface area contributed by atoms with Gasteiger partial charge in [-0.25, -0.2) is 9.37 Å². The molecule has 1 saturated carbocycles. The van der Waals surface area contributed by atoms with Gasteiger partial charge in [0.05, 0.1) is 40.9 Å². The second kappa shape index (κ2) is 16.0. The summed E-state index contributed by atoms with van der Waals surface area (Å²) in [6.45, 7) is 13.6.